The van der Waals surface area contributed by atoms with Crippen LogP contribution in [0.1, 0.15) is 0 Å². The molecule has 0 aliphatic carbocycles. The van der Waals surface area contributed by atoms with E-state index in [0.717, 1.165) is 60.0 Å². The van der Waals surface area contributed by atoms with Crippen LogP contribution in [-0.4, -0.2) is 14.5 Å². The van der Waals surface area contributed by atoms with Gasteiger partial charge in [0.2, 0.25) is 0 Å². The largest absolute Gasteiger partial charge is 0.456 e. The molecule has 0 atom stereocenters. The number of furan rings is 1. The lowest BCUT2D eigenvalue weighted by atomic mass is 10.1. The third kappa shape index (κ3) is 3.97. The Labute approximate surface area is 284 Å². The van der Waals surface area contributed by atoms with Crippen molar-refractivity contribution in [3.05, 3.63) is 152 Å². The van der Waals surface area contributed by atoms with Gasteiger partial charge >= 0.3 is 0 Å². The van der Waals surface area contributed by atoms with Crippen LogP contribution in [0, 0.1) is 0 Å². The van der Waals surface area contributed by atoms with Gasteiger partial charge in [0.15, 0.2) is 5.82 Å². The zero-order valence-corrected chi connectivity index (χ0v) is 26.9. The molecular formula is C44H25N3OS. The van der Waals surface area contributed by atoms with Crippen LogP contribution in [0.2, 0.25) is 0 Å². The maximum Gasteiger partial charge on any atom is 0.160 e. The molecule has 4 nitrogen and oxygen atoms in total. The molecular weight excluding hydrogens is 619 g/mol. The molecule has 0 bridgehead atoms. The van der Waals surface area contributed by atoms with E-state index in [0.29, 0.717) is 5.82 Å². The molecule has 5 heteroatoms. The van der Waals surface area contributed by atoms with Crippen molar-refractivity contribution in [2.45, 2.75) is 0 Å². The maximum atomic E-state index is 6.51. The van der Waals surface area contributed by atoms with Gasteiger partial charge < -0.3 is 8.98 Å². The smallest absolute Gasteiger partial charge is 0.160 e. The first-order valence-electron chi connectivity index (χ1n) is 16.4. The first-order valence-corrected chi connectivity index (χ1v) is 17.2. The van der Waals surface area contributed by atoms with Crippen molar-refractivity contribution in [1.82, 2.24) is 14.5 Å². The summed E-state index contributed by atoms with van der Waals surface area (Å²) < 4.78 is 11.2. The van der Waals surface area contributed by atoms with E-state index in [9.17, 15) is 0 Å². The number of hydrogen-bond acceptors (Lipinski definition) is 4. The molecule has 7 aromatic carbocycles. The quantitative estimate of drug-likeness (QED) is 0.192. The second kappa shape index (κ2) is 10.1. The number of para-hydroxylation sites is 1. The van der Waals surface area contributed by atoms with Crippen molar-refractivity contribution in [3.63, 3.8) is 0 Å². The Morgan fingerprint density at radius 1 is 0.490 bits per heavy atom. The molecule has 0 radical (unpaired) electrons. The predicted octanol–water partition coefficient (Wildman–Crippen LogP) is 12.3. The second-order valence-electron chi connectivity index (χ2n) is 12.6. The zero-order chi connectivity index (χ0) is 32.1. The van der Waals surface area contributed by atoms with E-state index in [2.05, 4.69) is 150 Å². The van der Waals surface area contributed by atoms with Crippen LogP contribution in [0.15, 0.2) is 156 Å². The number of nitrogens with zero attached hydrogens (tertiary/aromatic N) is 3. The summed E-state index contributed by atoms with van der Waals surface area (Å²) in [6, 6.07) is 53.6. The Morgan fingerprint density at radius 2 is 1.27 bits per heavy atom. The van der Waals surface area contributed by atoms with Crippen molar-refractivity contribution < 1.29 is 4.42 Å². The van der Waals surface area contributed by atoms with E-state index in [1.165, 1.54) is 37.3 Å². The zero-order valence-electron chi connectivity index (χ0n) is 26.1. The minimum absolute atomic E-state index is 0.690. The van der Waals surface area contributed by atoms with Gasteiger partial charge in [-0.3, -0.25) is 0 Å². The van der Waals surface area contributed by atoms with Crippen molar-refractivity contribution in [2.75, 3.05) is 0 Å². The maximum absolute atomic E-state index is 6.51. The number of fused-ring (bicyclic) bond motifs is 10. The molecule has 4 heterocycles. The van der Waals surface area contributed by atoms with Gasteiger partial charge in [-0.2, -0.15) is 0 Å². The van der Waals surface area contributed by atoms with Gasteiger partial charge in [-0.15, -0.1) is 11.3 Å². The van der Waals surface area contributed by atoms with Crippen LogP contribution in [0.25, 0.3) is 103 Å². The highest BCUT2D eigenvalue weighted by Crippen LogP contribution is 2.41. The van der Waals surface area contributed by atoms with Gasteiger partial charge in [0, 0.05) is 48.4 Å². The second-order valence-corrected chi connectivity index (χ2v) is 13.7. The average Bonchev–Trinajstić information content (AvgIpc) is 3.82. The van der Waals surface area contributed by atoms with Crippen LogP contribution in [0.3, 0.4) is 0 Å². The lowest BCUT2D eigenvalue weighted by Crippen LogP contribution is -1.93. The molecule has 4 aromatic heterocycles. The lowest BCUT2D eigenvalue weighted by Gasteiger charge is -2.09. The summed E-state index contributed by atoms with van der Waals surface area (Å²) in [5, 5.41) is 8.27. The Hall–Kier alpha value is -6.30. The normalized spacial score (nSPS) is 12.1. The molecule has 0 amide bonds. The van der Waals surface area contributed by atoms with Gasteiger partial charge in [-0.05, 0) is 65.4 Å². The van der Waals surface area contributed by atoms with Gasteiger partial charge in [-0.25, -0.2) is 9.97 Å². The fourth-order valence-corrected chi connectivity index (χ4v) is 8.64. The van der Waals surface area contributed by atoms with Crippen LogP contribution < -0.4 is 0 Å². The van der Waals surface area contributed by atoms with Crippen LogP contribution in [0.5, 0.6) is 0 Å². The molecule has 0 saturated heterocycles. The Kier molecular flexibility index (Phi) is 5.51. The fraction of sp³-hybridized carbons (Fsp3) is 0. The standard InChI is InChI=1S/C44H25N3OS/c1-2-10-26(11-3-1)41-43-42(33-15-7-9-17-40(33)49-43)46-44(45-41)29-18-20-32-35-25-30(19-21-38(35)48-39(32)24-29)47-36-16-8-6-14-31(36)34-22-27-12-4-5-13-28(27)23-37(34)47/h1-25H. The summed E-state index contributed by atoms with van der Waals surface area (Å²) in [4.78, 5) is 10.3. The first-order chi connectivity index (χ1) is 24.3. The molecule has 0 fully saturated rings. The molecule has 49 heavy (non-hydrogen) atoms. The third-order valence-corrected chi connectivity index (χ3v) is 10.9. The van der Waals surface area contributed by atoms with Gasteiger partial charge in [0.25, 0.3) is 0 Å². The molecule has 228 valence electrons. The fourth-order valence-electron chi connectivity index (χ4n) is 7.49. The Morgan fingerprint density at radius 3 is 2.16 bits per heavy atom. The molecule has 0 aliphatic rings. The van der Waals surface area contributed by atoms with E-state index in [1.807, 2.05) is 6.07 Å². The SMILES string of the molecule is c1ccc(-c2nc(-c3ccc4c(c3)oc3ccc(-n5c6ccccc6c6cc7ccccc7cc65)cc34)nc3c2sc2ccccc23)cc1. The van der Waals surface area contributed by atoms with E-state index < -0.39 is 0 Å². The molecule has 0 aliphatic heterocycles. The highest BCUT2D eigenvalue weighted by Gasteiger charge is 2.19. The van der Waals surface area contributed by atoms with Gasteiger partial charge in [0.1, 0.15) is 11.2 Å². The minimum Gasteiger partial charge on any atom is -0.456 e. The van der Waals surface area contributed by atoms with Crippen molar-refractivity contribution in [2.24, 2.45) is 0 Å². The Bertz CT molecular complexity index is 3110. The van der Waals surface area contributed by atoms with E-state index >= 15 is 0 Å². The molecule has 0 unspecified atom stereocenters. The first kappa shape index (κ1) is 26.7. The molecule has 11 rings (SSSR count). The van der Waals surface area contributed by atoms with Crippen LogP contribution >= 0.6 is 11.3 Å². The number of benzene rings is 7. The van der Waals surface area contributed by atoms with Gasteiger partial charge in [0.05, 0.1) is 26.9 Å². The summed E-state index contributed by atoms with van der Waals surface area (Å²) in [6.45, 7) is 0. The average molecular weight is 644 g/mol. The summed E-state index contributed by atoms with van der Waals surface area (Å²) in [5.41, 5.74) is 9.10. The predicted molar refractivity (Wildman–Crippen MR) is 205 cm³/mol. The number of aromatic nitrogens is 3. The van der Waals surface area contributed by atoms with Crippen molar-refractivity contribution in [1.29, 1.82) is 0 Å². The molecule has 0 spiro atoms. The van der Waals surface area contributed by atoms with E-state index in [-0.39, 0.29) is 0 Å². The molecule has 0 saturated carbocycles. The number of rotatable bonds is 3. The highest BCUT2D eigenvalue weighted by molar-refractivity contribution is 7.26. The van der Waals surface area contributed by atoms with Gasteiger partial charge in [-0.1, -0.05) is 97.1 Å². The van der Waals surface area contributed by atoms with Crippen LogP contribution in [-0.2, 0) is 0 Å². The summed E-state index contributed by atoms with van der Waals surface area (Å²) in [6.07, 6.45) is 0. The lowest BCUT2D eigenvalue weighted by molar-refractivity contribution is 0.669. The topological polar surface area (TPSA) is 43.9 Å². The number of hydrogen-bond donors (Lipinski definition) is 0. The van der Waals surface area contributed by atoms with E-state index in [4.69, 9.17) is 14.4 Å². The van der Waals surface area contributed by atoms with Crippen molar-refractivity contribution in [3.8, 4) is 28.3 Å². The third-order valence-electron chi connectivity index (χ3n) is 9.78. The molecule has 11 aromatic rings. The summed E-state index contributed by atoms with van der Waals surface area (Å²) in [7, 11) is 0. The minimum atomic E-state index is 0.690. The highest BCUT2D eigenvalue weighted by atomic mass is 32.1. The van der Waals surface area contributed by atoms with Crippen molar-refractivity contribution >= 4 is 86.2 Å². The number of thiophene rings is 1. The monoisotopic (exact) mass is 643 g/mol. The molecule has 0 N–H and O–H groups in total. The Balaban J connectivity index is 1.10. The summed E-state index contributed by atoms with van der Waals surface area (Å²) in [5.74, 6) is 0.690. The summed E-state index contributed by atoms with van der Waals surface area (Å²) >= 11 is 1.75. The van der Waals surface area contributed by atoms with Crippen LogP contribution in [0.4, 0.5) is 0 Å². The van der Waals surface area contributed by atoms with E-state index in [1.54, 1.807) is 11.3 Å².